The first kappa shape index (κ1) is 3.61. The van der Waals surface area contributed by atoms with Crippen LogP contribution >= 0.6 is 0 Å². The minimum atomic E-state index is 0.548. The summed E-state index contributed by atoms with van der Waals surface area (Å²) >= 11 is 0. The Hall–Kier alpha value is -0.573. The normalized spacial score (nSPS) is 16.0. The predicted molar refractivity (Wildman–Crippen MR) is 25.8 cm³/mol. The van der Waals surface area contributed by atoms with Gasteiger partial charge in [0.25, 0.3) is 0 Å². The first-order valence-electron chi connectivity index (χ1n) is 1.64. The Kier molecular flexibility index (Phi) is 1.06. The first-order valence-corrected chi connectivity index (χ1v) is 2.66. The van der Waals surface area contributed by atoms with Gasteiger partial charge in [0, 0.05) is 6.20 Å². The van der Waals surface area contributed by atoms with Gasteiger partial charge in [-0.25, -0.2) is 4.78 Å². The second-order valence-electron chi connectivity index (χ2n) is 0.853. The van der Waals surface area contributed by atoms with E-state index in [-0.39, 0.29) is 0 Å². The smallest absolute Gasteiger partial charge is 0.206 e. The highest BCUT2D eigenvalue weighted by Crippen LogP contribution is 1.76. The Bertz CT molecular complexity index is 78.2. The second-order valence-corrected chi connectivity index (χ2v) is 1.64. The molecule has 0 atom stereocenters. The third kappa shape index (κ3) is 0.685. The number of hydrogen-bond acceptors (Lipinski definition) is 2. The van der Waals surface area contributed by atoms with E-state index in [2.05, 4.69) is 9.89 Å². The van der Waals surface area contributed by atoms with Crippen LogP contribution < -0.4 is 0 Å². The fourth-order valence-corrected chi connectivity index (χ4v) is 0.597. The van der Waals surface area contributed by atoms with Gasteiger partial charge in [-0.05, 0) is 6.08 Å². The van der Waals surface area contributed by atoms with Crippen LogP contribution in [0.25, 0.3) is 0 Å². The van der Waals surface area contributed by atoms with Crippen LogP contribution in [-0.2, 0) is 0 Å². The maximum Gasteiger partial charge on any atom is 0.219 e. The van der Waals surface area contributed by atoms with Crippen molar-refractivity contribution >= 4 is 15.0 Å². The Labute approximate surface area is 38.1 Å². The Morgan fingerprint density at radius 3 is 2.67 bits per heavy atom. The van der Waals surface area contributed by atoms with Crippen molar-refractivity contribution in [2.45, 2.75) is 0 Å². The van der Waals surface area contributed by atoms with Crippen LogP contribution in [0, 0.1) is 0 Å². The van der Waals surface area contributed by atoms with Crippen molar-refractivity contribution in [2.24, 2.45) is 9.89 Å². The summed E-state index contributed by atoms with van der Waals surface area (Å²) in [7, 11) is 0.548. The van der Waals surface area contributed by atoms with Gasteiger partial charge in [-0.1, -0.05) is 5.67 Å². The molecule has 0 bridgehead atoms. The van der Waals surface area contributed by atoms with E-state index >= 15 is 0 Å². The Morgan fingerprint density at radius 1 is 1.50 bits per heavy atom. The van der Waals surface area contributed by atoms with Gasteiger partial charge in [0.05, 0.1) is 0 Å². The van der Waals surface area contributed by atoms with E-state index in [1.807, 2.05) is 11.7 Å². The Morgan fingerprint density at radius 2 is 2.50 bits per heavy atom. The fourth-order valence-electron chi connectivity index (χ4n) is 0.225. The highest BCUT2D eigenvalue weighted by atomic mass is 28.2. The van der Waals surface area contributed by atoms with Gasteiger partial charge < -0.3 is 0 Å². The molecule has 0 fully saturated rings. The summed E-state index contributed by atoms with van der Waals surface area (Å²) in [5.41, 5.74) is 1.98. The summed E-state index contributed by atoms with van der Waals surface area (Å²) in [6.07, 6.45) is 3.57. The van der Waals surface area contributed by atoms with Crippen molar-refractivity contribution < 1.29 is 0 Å². The number of hydrogen-bond donors (Lipinski definition) is 0. The molecule has 0 aromatic heterocycles. The van der Waals surface area contributed by atoms with Crippen LogP contribution in [0.4, 0.5) is 0 Å². The maximum absolute atomic E-state index is 3.69. The van der Waals surface area contributed by atoms with Gasteiger partial charge in [0.1, 0.15) is 0 Å². The minimum absolute atomic E-state index is 0.548. The van der Waals surface area contributed by atoms with Gasteiger partial charge in [0.15, 0.2) is 0 Å². The van der Waals surface area contributed by atoms with Crippen molar-refractivity contribution in [3.05, 3.63) is 12.3 Å². The molecule has 29 valence electrons. The van der Waals surface area contributed by atoms with Crippen molar-refractivity contribution in [1.29, 1.82) is 0 Å². The summed E-state index contributed by atoms with van der Waals surface area (Å²) in [6.45, 7) is 0. The second kappa shape index (κ2) is 1.77. The molecule has 0 N–H and O–H groups in total. The standard InChI is InChI=1S/C3H3N2Si/c1-2-4-5-6-3-1/h1-3H. The van der Waals surface area contributed by atoms with Gasteiger partial charge in [-0.3, -0.25) is 0 Å². The zero-order valence-electron chi connectivity index (χ0n) is 3.13. The molecule has 6 heavy (non-hydrogen) atoms. The first-order chi connectivity index (χ1) is 3.00. The molecule has 0 amide bonds. The van der Waals surface area contributed by atoms with Crippen LogP contribution in [0.15, 0.2) is 22.2 Å². The number of rotatable bonds is 0. The van der Waals surface area contributed by atoms with Crippen LogP contribution in [0.5, 0.6) is 0 Å². The van der Waals surface area contributed by atoms with E-state index in [1.54, 1.807) is 6.20 Å². The highest BCUT2D eigenvalue weighted by molar-refractivity contribution is 6.47. The van der Waals surface area contributed by atoms with Crippen LogP contribution in [-0.4, -0.2) is 15.0 Å². The van der Waals surface area contributed by atoms with E-state index in [0.29, 0.717) is 9.29 Å². The molecule has 0 aromatic rings. The van der Waals surface area contributed by atoms with E-state index in [4.69, 9.17) is 0 Å². The zero-order chi connectivity index (χ0) is 4.24. The van der Waals surface area contributed by atoms with E-state index in [0.717, 1.165) is 0 Å². The molecule has 0 saturated carbocycles. The largest absolute Gasteiger partial charge is 0.219 e. The summed E-state index contributed by atoms with van der Waals surface area (Å²) in [4.78, 5) is 0. The summed E-state index contributed by atoms with van der Waals surface area (Å²) in [5.74, 6) is 0. The quantitative estimate of drug-likeness (QED) is 0.389. The van der Waals surface area contributed by atoms with Crippen molar-refractivity contribution in [2.75, 3.05) is 0 Å². The molecule has 1 rings (SSSR count). The van der Waals surface area contributed by atoms with Gasteiger partial charge in [-0.2, -0.15) is 5.11 Å². The molecule has 1 aliphatic rings. The average molecular weight is 95.2 g/mol. The van der Waals surface area contributed by atoms with Crippen LogP contribution in [0.2, 0.25) is 0 Å². The topological polar surface area (TPSA) is 24.7 Å². The van der Waals surface area contributed by atoms with Crippen molar-refractivity contribution in [1.82, 2.24) is 0 Å². The molecule has 2 nitrogen and oxygen atoms in total. The highest BCUT2D eigenvalue weighted by Gasteiger charge is 1.69. The zero-order valence-corrected chi connectivity index (χ0v) is 4.13. The molecule has 0 aromatic carbocycles. The third-order valence-electron chi connectivity index (χ3n) is 0.439. The lowest BCUT2D eigenvalue weighted by Crippen LogP contribution is -1.76. The molecule has 0 aliphatic carbocycles. The SMILES string of the molecule is C1=CN=N[Si]=C1. The van der Waals surface area contributed by atoms with Gasteiger partial charge in [0.2, 0.25) is 9.29 Å². The summed E-state index contributed by atoms with van der Waals surface area (Å²) in [6, 6.07) is 0. The van der Waals surface area contributed by atoms with Gasteiger partial charge >= 0.3 is 0 Å². The van der Waals surface area contributed by atoms with Crippen molar-refractivity contribution in [3.8, 4) is 0 Å². The third-order valence-corrected chi connectivity index (χ3v) is 1.01. The molecular formula is C3H3N2Si. The lowest BCUT2D eigenvalue weighted by Gasteiger charge is -1.75. The molecule has 0 saturated heterocycles. The molecule has 0 spiro atoms. The fraction of sp³-hybridized carbons (Fsp3) is 0. The van der Waals surface area contributed by atoms with Gasteiger partial charge in [-0.15, -0.1) is 0 Å². The maximum atomic E-state index is 3.69. The molecule has 0 unspecified atom stereocenters. The molecule has 1 radical (unpaired) electrons. The number of nitrogens with zero attached hydrogens (tertiary/aromatic N) is 2. The molecule has 1 aliphatic heterocycles. The average Bonchev–Trinajstić information content (AvgIpc) is 1.72. The molecule has 1 heterocycles. The summed E-state index contributed by atoms with van der Waals surface area (Å²) < 4.78 is 3.69. The summed E-state index contributed by atoms with van der Waals surface area (Å²) in [5, 5.41) is 3.60. The molecular weight excluding hydrogens is 92.1 g/mol. The van der Waals surface area contributed by atoms with E-state index in [1.165, 1.54) is 0 Å². The van der Waals surface area contributed by atoms with Crippen molar-refractivity contribution in [3.63, 3.8) is 0 Å². The Balaban J connectivity index is 2.77. The van der Waals surface area contributed by atoms with Crippen LogP contribution in [0.1, 0.15) is 0 Å². The number of allylic oxidation sites excluding steroid dienone is 1. The minimum Gasteiger partial charge on any atom is -0.206 e. The van der Waals surface area contributed by atoms with E-state index in [9.17, 15) is 0 Å². The lowest BCUT2D eigenvalue weighted by atomic mass is 10.7. The lowest BCUT2D eigenvalue weighted by molar-refractivity contribution is 1.32. The van der Waals surface area contributed by atoms with Crippen LogP contribution in [0.3, 0.4) is 0 Å². The molecule has 3 heteroatoms. The van der Waals surface area contributed by atoms with E-state index < -0.39 is 0 Å². The predicted octanol–water partition coefficient (Wildman–Crippen LogP) is 0.387. The monoisotopic (exact) mass is 95.0 g/mol.